The summed E-state index contributed by atoms with van der Waals surface area (Å²) in [4.78, 5) is 9.52. The van der Waals surface area contributed by atoms with Crippen molar-refractivity contribution in [3.63, 3.8) is 0 Å². The van der Waals surface area contributed by atoms with Gasteiger partial charge in [0.05, 0.1) is 0 Å². The fourth-order valence-corrected chi connectivity index (χ4v) is 5.81. The van der Waals surface area contributed by atoms with Crippen molar-refractivity contribution in [2.75, 3.05) is 0 Å². The van der Waals surface area contributed by atoms with E-state index in [9.17, 15) is 0 Å². The first kappa shape index (κ1) is 22.8. The molecular formula is C27H46N2. The molecule has 0 bridgehead atoms. The molecule has 2 saturated carbocycles. The van der Waals surface area contributed by atoms with Gasteiger partial charge in [-0.2, -0.15) is 0 Å². The second kappa shape index (κ2) is 12.7. The van der Waals surface area contributed by atoms with Crippen LogP contribution in [0.3, 0.4) is 0 Å². The maximum absolute atomic E-state index is 4.76. The third-order valence-corrected chi connectivity index (χ3v) is 7.97. The van der Waals surface area contributed by atoms with Crippen molar-refractivity contribution in [1.29, 1.82) is 0 Å². The van der Waals surface area contributed by atoms with Crippen molar-refractivity contribution < 1.29 is 0 Å². The van der Waals surface area contributed by atoms with Gasteiger partial charge in [0.15, 0.2) is 0 Å². The summed E-state index contributed by atoms with van der Waals surface area (Å²) in [6.07, 6.45) is 27.9. The molecule has 0 aliphatic heterocycles. The van der Waals surface area contributed by atoms with E-state index < -0.39 is 0 Å². The van der Waals surface area contributed by atoms with Crippen molar-refractivity contribution in [3.05, 3.63) is 23.8 Å². The zero-order valence-corrected chi connectivity index (χ0v) is 19.4. The summed E-state index contributed by atoms with van der Waals surface area (Å²) in [5.41, 5.74) is 1.40. The van der Waals surface area contributed by atoms with Crippen LogP contribution >= 0.6 is 0 Å². The van der Waals surface area contributed by atoms with Crippen LogP contribution in [0.5, 0.6) is 0 Å². The Bertz CT molecular complexity index is 536. The second-order valence-electron chi connectivity index (χ2n) is 10.2. The minimum atomic E-state index is 0.713. The van der Waals surface area contributed by atoms with E-state index in [1.54, 1.807) is 0 Å². The van der Waals surface area contributed by atoms with Gasteiger partial charge >= 0.3 is 0 Å². The first-order valence-corrected chi connectivity index (χ1v) is 13.1. The number of unbranched alkanes of at least 4 members (excludes halogenated alkanes) is 3. The van der Waals surface area contributed by atoms with Gasteiger partial charge in [-0.05, 0) is 61.3 Å². The molecule has 2 nitrogen and oxygen atoms in total. The van der Waals surface area contributed by atoms with E-state index in [0.717, 1.165) is 30.0 Å². The van der Waals surface area contributed by atoms with Gasteiger partial charge in [0.1, 0.15) is 5.82 Å². The molecule has 1 aromatic heterocycles. The minimum Gasteiger partial charge on any atom is -0.241 e. The third kappa shape index (κ3) is 7.68. The lowest BCUT2D eigenvalue weighted by molar-refractivity contribution is 0.249. The molecule has 164 valence electrons. The van der Waals surface area contributed by atoms with Crippen LogP contribution in [0.1, 0.15) is 134 Å². The molecule has 0 radical (unpaired) electrons. The lowest BCUT2D eigenvalue weighted by Crippen LogP contribution is -2.16. The number of hydrogen-bond acceptors (Lipinski definition) is 2. The average Bonchev–Trinajstić information content (AvgIpc) is 2.78. The van der Waals surface area contributed by atoms with Gasteiger partial charge < -0.3 is 0 Å². The van der Waals surface area contributed by atoms with Crippen molar-refractivity contribution in [2.24, 2.45) is 17.8 Å². The van der Waals surface area contributed by atoms with Gasteiger partial charge in [-0.3, -0.25) is 0 Å². The highest BCUT2D eigenvalue weighted by atomic mass is 14.9. The zero-order valence-electron chi connectivity index (χ0n) is 19.4. The van der Waals surface area contributed by atoms with Crippen molar-refractivity contribution in [1.82, 2.24) is 9.97 Å². The number of aryl methyl sites for hydroxylation is 1. The van der Waals surface area contributed by atoms with Crippen LogP contribution in [0.15, 0.2) is 12.4 Å². The monoisotopic (exact) mass is 398 g/mol. The van der Waals surface area contributed by atoms with E-state index in [4.69, 9.17) is 9.97 Å². The normalized spacial score (nSPS) is 27.8. The molecule has 0 saturated heterocycles. The first-order chi connectivity index (χ1) is 14.3. The molecule has 1 heterocycles. The molecule has 2 aliphatic carbocycles. The molecule has 2 heteroatoms. The van der Waals surface area contributed by atoms with Crippen LogP contribution in [-0.4, -0.2) is 9.97 Å². The third-order valence-electron chi connectivity index (χ3n) is 7.97. The SMILES string of the molecule is CCCCC[C@H]1CC[C@H](c2cnc(CC[C@H]3CC[C@H](CCCC)CC3)nc2)CC1. The summed E-state index contributed by atoms with van der Waals surface area (Å²) in [6.45, 7) is 4.62. The second-order valence-corrected chi connectivity index (χ2v) is 10.2. The van der Waals surface area contributed by atoms with Gasteiger partial charge in [-0.1, -0.05) is 84.5 Å². The molecule has 3 rings (SSSR count). The Morgan fingerprint density at radius 1 is 0.655 bits per heavy atom. The van der Waals surface area contributed by atoms with Gasteiger partial charge in [-0.15, -0.1) is 0 Å². The fourth-order valence-electron chi connectivity index (χ4n) is 5.81. The zero-order chi connectivity index (χ0) is 20.3. The van der Waals surface area contributed by atoms with Crippen LogP contribution in [-0.2, 0) is 6.42 Å². The Morgan fingerprint density at radius 2 is 1.17 bits per heavy atom. The summed E-state index contributed by atoms with van der Waals surface area (Å²) in [7, 11) is 0. The fraction of sp³-hybridized carbons (Fsp3) is 0.852. The van der Waals surface area contributed by atoms with Crippen molar-refractivity contribution in [2.45, 2.75) is 129 Å². The van der Waals surface area contributed by atoms with E-state index in [1.165, 1.54) is 108 Å². The number of aromatic nitrogens is 2. The van der Waals surface area contributed by atoms with Crippen LogP contribution in [0, 0.1) is 17.8 Å². The molecule has 1 aromatic rings. The maximum Gasteiger partial charge on any atom is 0.128 e. The predicted molar refractivity (Wildman–Crippen MR) is 124 cm³/mol. The average molecular weight is 399 g/mol. The van der Waals surface area contributed by atoms with Crippen molar-refractivity contribution in [3.8, 4) is 0 Å². The number of nitrogens with zero attached hydrogens (tertiary/aromatic N) is 2. The number of hydrogen-bond donors (Lipinski definition) is 0. The van der Waals surface area contributed by atoms with Crippen LogP contribution < -0.4 is 0 Å². The summed E-state index contributed by atoms with van der Waals surface area (Å²) in [5.74, 6) is 4.71. The quantitative estimate of drug-likeness (QED) is 0.350. The van der Waals surface area contributed by atoms with Crippen LogP contribution in [0.2, 0.25) is 0 Å². The first-order valence-electron chi connectivity index (χ1n) is 13.1. The van der Waals surface area contributed by atoms with Gasteiger partial charge in [0.2, 0.25) is 0 Å². The summed E-state index contributed by atoms with van der Waals surface area (Å²) < 4.78 is 0. The molecule has 0 unspecified atom stereocenters. The molecule has 0 atom stereocenters. The molecule has 0 N–H and O–H groups in total. The summed E-state index contributed by atoms with van der Waals surface area (Å²) >= 11 is 0. The highest BCUT2D eigenvalue weighted by molar-refractivity contribution is 5.13. The Hall–Kier alpha value is -0.920. The molecule has 2 aliphatic rings. The van der Waals surface area contributed by atoms with E-state index in [0.29, 0.717) is 5.92 Å². The molecule has 0 spiro atoms. The number of rotatable bonds is 11. The molecule has 0 amide bonds. The van der Waals surface area contributed by atoms with Gasteiger partial charge in [0.25, 0.3) is 0 Å². The highest BCUT2D eigenvalue weighted by Gasteiger charge is 2.23. The summed E-state index contributed by atoms with van der Waals surface area (Å²) in [6, 6.07) is 0. The van der Waals surface area contributed by atoms with Crippen LogP contribution in [0.4, 0.5) is 0 Å². The highest BCUT2D eigenvalue weighted by Crippen LogP contribution is 2.37. The topological polar surface area (TPSA) is 25.8 Å². The van der Waals surface area contributed by atoms with Crippen LogP contribution in [0.25, 0.3) is 0 Å². The Kier molecular flexibility index (Phi) is 9.97. The molecule has 29 heavy (non-hydrogen) atoms. The van der Waals surface area contributed by atoms with Gasteiger partial charge in [-0.25, -0.2) is 9.97 Å². The van der Waals surface area contributed by atoms with Crippen molar-refractivity contribution >= 4 is 0 Å². The smallest absolute Gasteiger partial charge is 0.128 e. The lowest BCUT2D eigenvalue weighted by Gasteiger charge is -2.29. The van der Waals surface area contributed by atoms with E-state index in [1.807, 2.05) is 0 Å². The largest absolute Gasteiger partial charge is 0.241 e. The molecular weight excluding hydrogens is 352 g/mol. The Morgan fingerprint density at radius 3 is 1.76 bits per heavy atom. The lowest BCUT2D eigenvalue weighted by atomic mass is 9.77. The Labute approximate surface area is 180 Å². The van der Waals surface area contributed by atoms with E-state index in [-0.39, 0.29) is 0 Å². The minimum absolute atomic E-state index is 0.713. The standard InChI is InChI=1S/C27H46N2/c1-3-5-7-9-23-14-17-25(18-15-23)26-20-28-27(29-21-26)19-16-24-12-10-22(11-13-24)8-6-4-2/h20-25H,3-19H2,1-2H3/t22-,23-,24-,25-. The molecule has 2 fully saturated rings. The maximum atomic E-state index is 4.76. The predicted octanol–water partition coefficient (Wildman–Crippen LogP) is 8.26. The van der Waals surface area contributed by atoms with E-state index in [2.05, 4.69) is 26.2 Å². The molecule has 0 aromatic carbocycles. The summed E-state index contributed by atoms with van der Waals surface area (Å²) in [5, 5.41) is 0. The van der Waals surface area contributed by atoms with E-state index >= 15 is 0 Å². The van der Waals surface area contributed by atoms with Gasteiger partial charge in [0, 0.05) is 18.8 Å². The Balaban J connectivity index is 1.34.